The molecule has 0 aromatic carbocycles. The van der Waals surface area contributed by atoms with E-state index in [2.05, 4.69) is 5.32 Å². The second kappa shape index (κ2) is 6.01. The van der Waals surface area contributed by atoms with Crippen molar-refractivity contribution in [2.75, 3.05) is 6.54 Å². The molecule has 0 saturated heterocycles. The van der Waals surface area contributed by atoms with Crippen LogP contribution in [0.5, 0.6) is 0 Å². The SMILES string of the molecule is OC(CNCc1ccc(Cl)s1)C1CCCC1. The number of hydrogen-bond donors (Lipinski definition) is 2. The van der Waals surface area contributed by atoms with Gasteiger partial charge in [-0.25, -0.2) is 0 Å². The molecule has 2 N–H and O–H groups in total. The van der Waals surface area contributed by atoms with Crippen LogP contribution in [0.15, 0.2) is 12.1 Å². The third-order valence-corrected chi connectivity index (χ3v) is 4.46. The Kier molecular flexibility index (Phi) is 4.65. The van der Waals surface area contributed by atoms with E-state index < -0.39 is 0 Å². The van der Waals surface area contributed by atoms with Gasteiger partial charge in [-0.1, -0.05) is 24.4 Å². The number of halogens is 1. The van der Waals surface area contributed by atoms with Crippen molar-refractivity contribution in [1.82, 2.24) is 5.32 Å². The zero-order valence-corrected chi connectivity index (χ0v) is 10.9. The molecule has 1 aromatic heterocycles. The van der Waals surface area contributed by atoms with Gasteiger partial charge in [0.05, 0.1) is 10.4 Å². The van der Waals surface area contributed by atoms with Crippen LogP contribution in [-0.4, -0.2) is 17.8 Å². The normalized spacial score (nSPS) is 19.1. The van der Waals surface area contributed by atoms with Gasteiger partial charge in [0.25, 0.3) is 0 Å². The average molecular weight is 260 g/mol. The maximum atomic E-state index is 9.95. The molecular weight excluding hydrogens is 242 g/mol. The third-order valence-electron chi connectivity index (χ3n) is 3.23. The molecule has 0 bridgehead atoms. The van der Waals surface area contributed by atoms with Crippen molar-refractivity contribution in [3.05, 3.63) is 21.3 Å². The molecule has 1 aliphatic carbocycles. The van der Waals surface area contributed by atoms with Crippen molar-refractivity contribution in [3.8, 4) is 0 Å². The zero-order chi connectivity index (χ0) is 11.4. The van der Waals surface area contributed by atoms with Gasteiger partial charge in [-0.15, -0.1) is 11.3 Å². The number of nitrogens with one attached hydrogen (secondary N) is 1. The predicted octanol–water partition coefficient (Wildman–Crippen LogP) is 3.04. The summed E-state index contributed by atoms with van der Waals surface area (Å²) in [6.45, 7) is 1.50. The van der Waals surface area contributed by atoms with Crippen LogP contribution >= 0.6 is 22.9 Å². The van der Waals surface area contributed by atoms with Gasteiger partial charge >= 0.3 is 0 Å². The molecule has 0 radical (unpaired) electrons. The van der Waals surface area contributed by atoms with Crippen LogP contribution < -0.4 is 5.32 Å². The highest BCUT2D eigenvalue weighted by molar-refractivity contribution is 7.16. The Hall–Kier alpha value is -0.0900. The van der Waals surface area contributed by atoms with E-state index in [1.165, 1.54) is 30.6 Å². The van der Waals surface area contributed by atoms with Gasteiger partial charge in [-0.2, -0.15) is 0 Å². The van der Waals surface area contributed by atoms with E-state index in [1.54, 1.807) is 11.3 Å². The van der Waals surface area contributed by atoms with Crippen LogP contribution in [0.3, 0.4) is 0 Å². The fourth-order valence-electron chi connectivity index (χ4n) is 2.30. The molecule has 4 heteroatoms. The Balaban J connectivity index is 1.67. The Morgan fingerprint density at radius 2 is 2.19 bits per heavy atom. The molecule has 1 heterocycles. The summed E-state index contributed by atoms with van der Waals surface area (Å²) >= 11 is 7.44. The summed E-state index contributed by atoms with van der Waals surface area (Å²) in [4.78, 5) is 1.23. The van der Waals surface area contributed by atoms with E-state index >= 15 is 0 Å². The van der Waals surface area contributed by atoms with Gasteiger partial charge in [0.15, 0.2) is 0 Å². The summed E-state index contributed by atoms with van der Waals surface area (Å²) < 4.78 is 0.827. The molecule has 1 fully saturated rings. The lowest BCUT2D eigenvalue weighted by molar-refractivity contribution is 0.109. The molecule has 0 aliphatic heterocycles. The fraction of sp³-hybridized carbons (Fsp3) is 0.667. The molecule has 0 amide bonds. The number of hydrogen-bond acceptors (Lipinski definition) is 3. The van der Waals surface area contributed by atoms with E-state index in [0.717, 1.165) is 10.9 Å². The van der Waals surface area contributed by atoms with Gasteiger partial charge in [-0.3, -0.25) is 0 Å². The largest absolute Gasteiger partial charge is 0.392 e. The minimum Gasteiger partial charge on any atom is -0.392 e. The molecule has 1 saturated carbocycles. The fourth-order valence-corrected chi connectivity index (χ4v) is 3.36. The number of thiophene rings is 1. The lowest BCUT2D eigenvalue weighted by Crippen LogP contribution is -2.31. The molecule has 0 spiro atoms. The van der Waals surface area contributed by atoms with Gasteiger partial charge in [-0.05, 0) is 30.9 Å². The molecule has 90 valence electrons. The van der Waals surface area contributed by atoms with Crippen molar-refractivity contribution < 1.29 is 5.11 Å². The molecular formula is C12H18ClNOS. The molecule has 1 aromatic rings. The van der Waals surface area contributed by atoms with Crippen molar-refractivity contribution >= 4 is 22.9 Å². The van der Waals surface area contributed by atoms with Gasteiger partial charge < -0.3 is 10.4 Å². The molecule has 1 aliphatic rings. The molecule has 2 nitrogen and oxygen atoms in total. The first-order valence-corrected chi connectivity index (χ1v) is 7.08. The quantitative estimate of drug-likeness (QED) is 0.852. The first-order valence-electron chi connectivity index (χ1n) is 5.88. The maximum Gasteiger partial charge on any atom is 0.0931 e. The molecule has 16 heavy (non-hydrogen) atoms. The second-order valence-corrected chi connectivity index (χ2v) is 6.25. The van der Waals surface area contributed by atoms with Crippen molar-refractivity contribution in [1.29, 1.82) is 0 Å². The van der Waals surface area contributed by atoms with Crippen molar-refractivity contribution in [2.24, 2.45) is 5.92 Å². The van der Waals surface area contributed by atoms with Crippen LogP contribution in [-0.2, 0) is 6.54 Å². The van der Waals surface area contributed by atoms with Gasteiger partial charge in [0.2, 0.25) is 0 Å². The second-order valence-electron chi connectivity index (χ2n) is 4.45. The first kappa shape index (κ1) is 12.4. The Labute approximate surface area is 106 Å². The highest BCUT2D eigenvalue weighted by Gasteiger charge is 2.22. The molecule has 1 atom stereocenters. The number of aliphatic hydroxyl groups excluding tert-OH is 1. The van der Waals surface area contributed by atoms with Gasteiger partial charge in [0, 0.05) is 18.0 Å². The highest BCUT2D eigenvalue weighted by atomic mass is 35.5. The monoisotopic (exact) mass is 259 g/mol. The van der Waals surface area contributed by atoms with E-state index in [4.69, 9.17) is 11.6 Å². The summed E-state index contributed by atoms with van der Waals surface area (Å²) in [6.07, 6.45) is 4.75. The van der Waals surface area contributed by atoms with Crippen molar-refractivity contribution in [3.63, 3.8) is 0 Å². The molecule has 2 rings (SSSR count). The topological polar surface area (TPSA) is 32.3 Å². The average Bonchev–Trinajstić information content (AvgIpc) is 2.89. The van der Waals surface area contributed by atoms with Gasteiger partial charge in [0.1, 0.15) is 0 Å². The minimum atomic E-state index is -0.182. The summed E-state index contributed by atoms with van der Waals surface area (Å²) in [5, 5.41) is 13.2. The van der Waals surface area contributed by atoms with Crippen LogP contribution in [0.25, 0.3) is 0 Å². The van der Waals surface area contributed by atoms with Crippen LogP contribution in [0.2, 0.25) is 4.34 Å². The van der Waals surface area contributed by atoms with Crippen LogP contribution in [0.4, 0.5) is 0 Å². The summed E-state index contributed by atoms with van der Waals surface area (Å²) in [6, 6.07) is 3.94. The standard InChI is InChI=1S/C12H18ClNOS/c13-12-6-5-10(16-12)7-14-8-11(15)9-3-1-2-4-9/h5-6,9,11,14-15H,1-4,7-8H2. The smallest absolute Gasteiger partial charge is 0.0931 e. The van der Waals surface area contributed by atoms with E-state index in [-0.39, 0.29) is 6.10 Å². The van der Waals surface area contributed by atoms with E-state index in [1.807, 2.05) is 12.1 Å². The Bertz CT molecular complexity index is 323. The van der Waals surface area contributed by atoms with E-state index in [9.17, 15) is 5.11 Å². The number of rotatable bonds is 5. The van der Waals surface area contributed by atoms with E-state index in [0.29, 0.717) is 12.5 Å². The predicted molar refractivity (Wildman–Crippen MR) is 69.0 cm³/mol. The van der Waals surface area contributed by atoms with Crippen LogP contribution in [0.1, 0.15) is 30.6 Å². The summed E-state index contributed by atoms with van der Waals surface area (Å²) in [7, 11) is 0. The first-order chi connectivity index (χ1) is 7.75. The third kappa shape index (κ3) is 3.45. The minimum absolute atomic E-state index is 0.182. The maximum absolute atomic E-state index is 9.95. The van der Waals surface area contributed by atoms with Crippen molar-refractivity contribution in [2.45, 2.75) is 38.3 Å². The lowest BCUT2D eigenvalue weighted by atomic mass is 10.0. The Morgan fingerprint density at radius 3 is 2.81 bits per heavy atom. The highest BCUT2D eigenvalue weighted by Crippen LogP contribution is 2.27. The van der Waals surface area contributed by atoms with Crippen LogP contribution in [0, 0.1) is 5.92 Å². The summed E-state index contributed by atoms with van der Waals surface area (Å²) in [5.74, 6) is 0.513. The lowest BCUT2D eigenvalue weighted by Gasteiger charge is -2.17. The Morgan fingerprint density at radius 1 is 1.44 bits per heavy atom. The zero-order valence-electron chi connectivity index (χ0n) is 9.29. The summed E-state index contributed by atoms with van der Waals surface area (Å²) in [5.41, 5.74) is 0. The molecule has 1 unspecified atom stereocenters. The number of aliphatic hydroxyl groups is 1.